The van der Waals surface area contributed by atoms with Crippen LogP contribution >= 0.6 is 23.2 Å². The first-order chi connectivity index (χ1) is 12.9. The Kier molecular flexibility index (Phi) is 5.72. The van der Waals surface area contributed by atoms with Gasteiger partial charge < -0.3 is 9.47 Å². The molecule has 0 radical (unpaired) electrons. The van der Waals surface area contributed by atoms with Crippen molar-refractivity contribution in [3.8, 4) is 17.2 Å². The van der Waals surface area contributed by atoms with Crippen LogP contribution in [0.15, 0.2) is 35.1 Å². The fourth-order valence-corrected chi connectivity index (χ4v) is 2.97. The summed E-state index contributed by atoms with van der Waals surface area (Å²) in [6.45, 7) is 4.31. The van der Waals surface area contributed by atoms with Crippen LogP contribution in [0, 0.1) is 6.92 Å². The zero-order chi connectivity index (χ0) is 19.6. The topological polar surface area (TPSA) is 71.2 Å². The molecule has 0 amide bonds. The third-order valence-corrected chi connectivity index (χ3v) is 4.65. The van der Waals surface area contributed by atoms with Gasteiger partial charge in [0.25, 0.3) is 0 Å². The average molecular weight is 409 g/mol. The van der Waals surface area contributed by atoms with E-state index in [9.17, 15) is 4.79 Å². The molecule has 0 spiro atoms. The summed E-state index contributed by atoms with van der Waals surface area (Å²) in [7, 11) is 1.53. The molecule has 9 heteroatoms. The van der Waals surface area contributed by atoms with Gasteiger partial charge in [0.1, 0.15) is 18.1 Å². The van der Waals surface area contributed by atoms with Crippen LogP contribution in [0.25, 0.3) is 5.69 Å². The number of ether oxygens (including phenoxy) is 2. The highest BCUT2D eigenvalue weighted by Crippen LogP contribution is 2.33. The number of nitrogens with zero attached hydrogens (tertiary/aromatic N) is 4. The van der Waals surface area contributed by atoms with E-state index >= 15 is 0 Å². The van der Waals surface area contributed by atoms with Crippen molar-refractivity contribution in [2.45, 2.75) is 20.5 Å². The SMILES string of the molecule is CCOc1cccc(-n2nnn(C)c2=O)c1COc1cc(Cl)c(C)cc1Cl. The lowest BCUT2D eigenvalue weighted by molar-refractivity contribution is 0.285. The van der Waals surface area contributed by atoms with Gasteiger partial charge in [0.2, 0.25) is 0 Å². The summed E-state index contributed by atoms with van der Waals surface area (Å²) in [5, 5.41) is 8.67. The van der Waals surface area contributed by atoms with Crippen molar-refractivity contribution in [1.29, 1.82) is 0 Å². The van der Waals surface area contributed by atoms with Crippen molar-refractivity contribution in [3.05, 3.63) is 62.0 Å². The Morgan fingerprint density at radius 2 is 1.85 bits per heavy atom. The van der Waals surface area contributed by atoms with Crippen LogP contribution in [0.4, 0.5) is 0 Å². The number of benzene rings is 2. The van der Waals surface area contributed by atoms with E-state index in [2.05, 4.69) is 10.4 Å². The van der Waals surface area contributed by atoms with Crippen molar-refractivity contribution >= 4 is 23.2 Å². The molecule has 1 aromatic heterocycles. The summed E-state index contributed by atoms with van der Waals surface area (Å²) in [6.07, 6.45) is 0. The molecule has 0 saturated heterocycles. The number of aromatic nitrogens is 4. The van der Waals surface area contributed by atoms with Gasteiger partial charge in [0.05, 0.1) is 22.9 Å². The smallest absolute Gasteiger partial charge is 0.368 e. The Bertz CT molecular complexity index is 1030. The van der Waals surface area contributed by atoms with Gasteiger partial charge in [0, 0.05) is 18.1 Å². The van der Waals surface area contributed by atoms with Crippen molar-refractivity contribution in [2.75, 3.05) is 6.61 Å². The molecule has 142 valence electrons. The number of rotatable bonds is 6. The second-order valence-corrected chi connectivity index (χ2v) is 6.62. The normalized spacial score (nSPS) is 10.9. The molecule has 7 nitrogen and oxygen atoms in total. The summed E-state index contributed by atoms with van der Waals surface area (Å²) >= 11 is 12.4. The Labute approximate surface area is 166 Å². The molecule has 0 aliphatic heterocycles. The molecule has 3 aromatic rings. The number of tetrazole rings is 1. The highest BCUT2D eigenvalue weighted by Gasteiger charge is 2.17. The highest BCUT2D eigenvalue weighted by molar-refractivity contribution is 6.34. The molecule has 0 bridgehead atoms. The van der Waals surface area contributed by atoms with Crippen molar-refractivity contribution < 1.29 is 9.47 Å². The largest absolute Gasteiger partial charge is 0.493 e. The highest BCUT2D eigenvalue weighted by atomic mass is 35.5. The van der Waals surface area contributed by atoms with E-state index in [0.717, 1.165) is 10.2 Å². The van der Waals surface area contributed by atoms with E-state index in [4.69, 9.17) is 32.7 Å². The monoisotopic (exact) mass is 408 g/mol. The predicted molar refractivity (Wildman–Crippen MR) is 103 cm³/mol. The summed E-state index contributed by atoms with van der Waals surface area (Å²) < 4.78 is 13.9. The van der Waals surface area contributed by atoms with Gasteiger partial charge in [0.15, 0.2) is 0 Å². The Balaban J connectivity index is 2.02. The molecule has 2 aromatic carbocycles. The van der Waals surface area contributed by atoms with Crippen LogP contribution in [0.1, 0.15) is 18.1 Å². The van der Waals surface area contributed by atoms with Crippen LogP contribution in [0.3, 0.4) is 0 Å². The van der Waals surface area contributed by atoms with E-state index < -0.39 is 0 Å². The van der Waals surface area contributed by atoms with E-state index in [0.29, 0.717) is 39.4 Å². The van der Waals surface area contributed by atoms with Crippen molar-refractivity contribution in [3.63, 3.8) is 0 Å². The minimum absolute atomic E-state index is 0.105. The van der Waals surface area contributed by atoms with E-state index in [1.54, 1.807) is 30.3 Å². The molecule has 3 rings (SSSR count). The third-order valence-electron chi connectivity index (χ3n) is 3.94. The second-order valence-electron chi connectivity index (χ2n) is 5.80. The predicted octanol–water partition coefficient (Wildman–Crippen LogP) is 3.56. The molecular formula is C18H18Cl2N4O3. The molecule has 0 aliphatic rings. The minimum Gasteiger partial charge on any atom is -0.493 e. The number of hydrogen-bond acceptors (Lipinski definition) is 5. The van der Waals surface area contributed by atoms with Crippen LogP contribution in [0.2, 0.25) is 10.0 Å². The molecule has 0 N–H and O–H groups in total. The molecule has 0 atom stereocenters. The molecule has 1 heterocycles. The van der Waals surface area contributed by atoms with Crippen molar-refractivity contribution in [2.24, 2.45) is 7.05 Å². The molecule has 0 fully saturated rings. The Hall–Kier alpha value is -2.51. The van der Waals surface area contributed by atoms with Gasteiger partial charge in [-0.15, -0.1) is 0 Å². The third kappa shape index (κ3) is 3.94. The first kappa shape index (κ1) is 19.3. The van der Waals surface area contributed by atoms with Crippen LogP contribution in [-0.4, -0.2) is 26.4 Å². The Morgan fingerprint density at radius 3 is 2.52 bits per heavy atom. The summed E-state index contributed by atoms with van der Waals surface area (Å²) in [6, 6.07) is 8.73. The number of aryl methyl sites for hydroxylation is 2. The molecule has 0 aliphatic carbocycles. The molecule has 0 unspecified atom stereocenters. The lowest BCUT2D eigenvalue weighted by Crippen LogP contribution is -2.23. The maximum Gasteiger partial charge on any atom is 0.368 e. The van der Waals surface area contributed by atoms with Gasteiger partial charge >= 0.3 is 5.69 Å². The maximum absolute atomic E-state index is 12.3. The quantitative estimate of drug-likeness (QED) is 0.623. The molecule has 27 heavy (non-hydrogen) atoms. The zero-order valence-electron chi connectivity index (χ0n) is 15.1. The van der Waals surface area contributed by atoms with Gasteiger partial charge in [-0.05, 0) is 48.0 Å². The zero-order valence-corrected chi connectivity index (χ0v) is 16.6. The first-order valence-electron chi connectivity index (χ1n) is 8.25. The standard InChI is InChI=1S/C18H18Cl2N4O3/c1-4-26-16-7-5-6-15(24-18(25)23(3)21-22-24)12(16)10-27-17-9-13(19)11(2)8-14(17)20/h5-9H,4,10H2,1-3H3. The van der Waals surface area contributed by atoms with E-state index in [1.807, 2.05) is 13.8 Å². The lowest BCUT2D eigenvalue weighted by atomic mass is 10.1. The average Bonchev–Trinajstić information content (AvgIpc) is 2.97. The number of halogens is 2. The Morgan fingerprint density at radius 1 is 1.07 bits per heavy atom. The van der Waals surface area contributed by atoms with Gasteiger partial charge in [-0.25, -0.2) is 4.79 Å². The van der Waals surface area contributed by atoms with Crippen molar-refractivity contribution in [1.82, 2.24) is 19.8 Å². The van der Waals surface area contributed by atoms with Crippen LogP contribution < -0.4 is 15.2 Å². The van der Waals surface area contributed by atoms with Gasteiger partial charge in [-0.2, -0.15) is 9.36 Å². The first-order valence-corrected chi connectivity index (χ1v) is 9.00. The fraction of sp³-hybridized carbons (Fsp3) is 0.278. The molecular weight excluding hydrogens is 391 g/mol. The second kappa shape index (κ2) is 8.02. The van der Waals surface area contributed by atoms with E-state index in [-0.39, 0.29) is 12.3 Å². The molecule has 0 saturated carbocycles. The lowest BCUT2D eigenvalue weighted by Gasteiger charge is -2.16. The summed E-state index contributed by atoms with van der Waals surface area (Å²) in [4.78, 5) is 12.3. The van der Waals surface area contributed by atoms with Crippen LogP contribution in [-0.2, 0) is 13.7 Å². The summed E-state index contributed by atoms with van der Waals surface area (Å²) in [5.74, 6) is 1.03. The van der Waals surface area contributed by atoms with E-state index in [1.165, 1.54) is 11.7 Å². The maximum atomic E-state index is 12.3. The summed E-state index contributed by atoms with van der Waals surface area (Å²) in [5.41, 5.74) is 1.65. The minimum atomic E-state index is -0.374. The van der Waals surface area contributed by atoms with Crippen LogP contribution in [0.5, 0.6) is 11.5 Å². The number of hydrogen-bond donors (Lipinski definition) is 0. The fourth-order valence-electron chi connectivity index (χ4n) is 2.54. The van der Waals surface area contributed by atoms with Gasteiger partial charge in [-0.1, -0.05) is 29.3 Å². The van der Waals surface area contributed by atoms with Gasteiger partial charge in [-0.3, -0.25) is 0 Å².